The summed E-state index contributed by atoms with van der Waals surface area (Å²) in [5, 5.41) is 13.5. The van der Waals surface area contributed by atoms with Gasteiger partial charge in [-0.25, -0.2) is 18.8 Å². The first-order valence-corrected chi connectivity index (χ1v) is 7.09. The van der Waals surface area contributed by atoms with E-state index in [0.717, 1.165) is 5.56 Å². The van der Waals surface area contributed by atoms with Gasteiger partial charge in [0.1, 0.15) is 5.82 Å². The van der Waals surface area contributed by atoms with Crippen molar-refractivity contribution in [3.63, 3.8) is 0 Å². The molecule has 1 aliphatic heterocycles. The molecule has 1 aliphatic rings. The van der Waals surface area contributed by atoms with Crippen LogP contribution in [0.5, 0.6) is 0 Å². The van der Waals surface area contributed by atoms with Crippen LogP contribution in [0, 0.1) is 0 Å². The molecule has 2 aromatic rings. The van der Waals surface area contributed by atoms with Crippen molar-refractivity contribution in [3.8, 4) is 0 Å². The second kappa shape index (κ2) is 5.80. The van der Waals surface area contributed by atoms with Crippen molar-refractivity contribution < 1.29 is 14.6 Å². The van der Waals surface area contributed by atoms with Gasteiger partial charge in [0.15, 0.2) is 6.23 Å². The van der Waals surface area contributed by atoms with Crippen molar-refractivity contribution in [2.24, 2.45) is 0 Å². The van der Waals surface area contributed by atoms with Crippen LogP contribution in [0.2, 0.25) is 5.02 Å². The molecule has 0 unspecified atom stereocenters. The van der Waals surface area contributed by atoms with Gasteiger partial charge in [-0.1, -0.05) is 11.6 Å². The third-order valence-corrected chi connectivity index (χ3v) is 3.62. The highest BCUT2D eigenvalue weighted by Gasteiger charge is 2.28. The lowest BCUT2D eigenvalue weighted by Gasteiger charge is -2.21. The van der Waals surface area contributed by atoms with Crippen LogP contribution in [0.4, 0.5) is 4.79 Å². The van der Waals surface area contributed by atoms with Gasteiger partial charge in [0.2, 0.25) is 0 Å². The molecule has 8 nitrogen and oxygen atoms in total. The molecule has 9 heteroatoms. The van der Waals surface area contributed by atoms with E-state index in [2.05, 4.69) is 10.1 Å². The molecule has 3 heterocycles. The minimum atomic E-state index is -1.41. The average Bonchev–Trinajstić information content (AvgIpc) is 2.76. The predicted octanol–water partition coefficient (Wildman–Crippen LogP) is 1.67. The first kappa shape index (κ1) is 14.6. The van der Waals surface area contributed by atoms with Gasteiger partial charge in [0.25, 0.3) is 0 Å². The molecular formula is C13H13ClN4O4. The number of aryl methyl sites for hydroxylation is 1. The van der Waals surface area contributed by atoms with Gasteiger partial charge in [-0.3, -0.25) is 4.98 Å². The third kappa shape index (κ3) is 2.82. The molecule has 0 radical (unpaired) electrons. The first-order chi connectivity index (χ1) is 10.5. The zero-order chi connectivity index (χ0) is 15.7. The SMILES string of the molecule is O=C(O)O[C@H]1CCCc2nn(Cc3cncc(Cl)c3)c(=O)n21. The Labute approximate surface area is 129 Å². The fourth-order valence-electron chi connectivity index (χ4n) is 2.54. The Morgan fingerprint density at radius 3 is 3.05 bits per heavy atom. The number of fused-ring (bicyclic) bond motifs is 1. The molecule has 1 N–H and O–H groups in total. The maximum absolute atomic E-state index is 12.4. The monoisotopic (exact) mass is 324 g/mol. The van der Waals surface area contributed by atoms with E-state index in [9.17, 15) is 9.59 Å². The number of halogens is 1. The van der Waals surface area contributed by atoms with E-state index < -0.39 is 18.1 Å². The van der Waals surface area contributed by atoms with Crippen molar-refractivity contribution in [2.75, 3.05) is 0 Å². The molecule has 0 aromatic carbocycles. The van der Waals surface area contributed by atoms with Crippen LogP contribution in [0.15, 0.2) is 23.3 Å². The molecule has 0 spiro atoms. The summed E-state index contributed by atoms with van der Waals surface area (Å²) in [5.41, 5.74) is 0.335. The molecule has 1 atom stereocenters. The van der Waals surface area contributed by atoms with Gasteiger partial charge in [0, 0.05) is 25.2 Å². The summed E-state index contributed by atoms with van der Waals surface area (Å²) in [6.45, 7) is 0.214. The largest absolute Gasteiger partial charge is 0.507 e. The molecule has 0 aliphatic carbocycles. The van der Waals surface area contributed by atoms with Crippen LogP contribution in [0.3, 0.4) is 0 Å². The quantitative estimate of drug-likeness (QED) is 0.862. The van der Waals surface area contributed by atoms with Crippen molar-refractivity contribution in [2.45, 2.75) is 32.0 Å². The lowest BCUT2D eigenvalue weighted by Crippen LogP contribution is -2.33. The molecule has 2 aromatic heterocycles. The predicted molar refractivity (Wildman–Crippen MR) is 75.9 cm³/mol. The fraction of sp³-hybridized carbons (Fsp3) is 0.385. The summed E-state index contributed by atoms with van der Waals surface area (Å²) in [4.78, 5) is 27.1. The topological polar surface area (TPSA) is 99.2 Å². The van der Waals surface area contributed by atoms with Gasteiger partial charge in [-0.15, -0.1) is 0 Å². The highest BCUT2D eigenvalue weighted by molar-refractivity contribution is 6.30. The van der Waals surface area contributed by atoms with Crippen molar-refractivity contribution in [3.05, 3.63) is 45.4 Å². The molecule has 0 saturated heterocycles. The number of ether oxygens (including phenoxy) is 1. The number of carbonyl (C=O) groups is 1. The second-order valence-corrected chi connectivity index (χ2v) is 5.40. The van der Waals surface area contributed by atoms with E-state index >= 15 is 0 Å². The highest BCUT2D eigenvalue weighted by atomic mass is 35.5. The summed E-state index contributed by atoms with van der Waals surface area (Å²) >= 11 is 5.87. The Morgan fingerprint density at radius 2 is 2.32 bits per heavy atom. The molecule has 0 bridgehead atoms. The summed E-state index contributed by atoms with van der Waals surface area (Å²) in [5.74, 6) is 0.525. The van der Waals surface area contributed by atoms with Gasteiger partial charge in [0.05, 0.1) is 11.6 Å². The zero-order valence-electron chi connectivity index (χ0n) is 11.5. The second-order valence-electron chi connectivity index (χ2n) is 4.97. The number of aromatic nitrogens is 4. The Kier molecular flexibility index (Phi) is 3.84. The van der Waals surface area contributed by atoms with Gasteiger partial charge in [-0.2, -0.15) is 5.10 Å². The number of nitrogens with zero attached hydrogens (tertiary/aromatic N) is 4. The maximum Gasteiger partial charge on any atom is 0.507 e. The molecule has 0 fully saturated rings. The summed E-state index contributed by atoms with van der Waals surface area (Å²) in [7, 11) is 0. The molecule has 3 rings (SSSR count). The molecule has 116 valence electrons. The van der Waals surface area contributed by atoms with Crippen LogP contribution in [0.25, 0.3) is 0 Å². The van der Waals surface area contributed by atoms with E-state index in [4.69, 9.17) is 21.4 Å². The molecule has 0 amide bonds. The lowest BCUT2D eigenvalue weighted by molar-refractivity contribution is 0.00392. The number of rotatable bonds is 3. The van der Waals surface area contributed by atoms with Crippen molar-refractivity contribution in [1.82, 2.24) is 19.3 Å². The fourth-order valence-corrected chi connectivity index (χ4v) is 2.73. The summed E-state index contributed by atoms with van der Waals surface area (Å²) in [6.07, 6.45) is 2.66. The minimum absolute atomic E-state index is 0.214. The number of hydrogen-bond donors (Lipinski definition) is 1. The van der Waals surface area contributed by atoms with Crippen molar-refractivity contribution >= 4 is 17.8 Å². The van der Waals surface area contributed by atoms with E-state index in [1.165, 1.54) is 15.4 Å². The van der Waals surface area contributed by atoms with Crippen molar-refractivity contribution in [1.29, 1.82) is 0 Å². The Morgan fingerprint density at radius 1 is 1.50 bits per heavy atom. The Balaban J connectivity index is 1.93. The average molecular weight is 325 g/mol. The third-order valence-electron chi connectivity index (χ3n) is 3.41. The zero-order valence-corrected chi connectivity index (χ0v) is 12.2. The molecule has 0 saturated carbocycles. The standard InChI is InChI=1S/C13H13ClN4O4/c14-9-4-8(5-15-6-9)7-17-12(19)18-10(16-17)2-1-3-11(18)22-13(20)21/h4-6,11H,1-3,7H2,(H,20,21)/t11-/m0/s1. The molecule has 22 heavy (non-hydrogen) atoms. The maximum atomic E-state index is 12.4. The minimum Gasteiger partial charge on any atom is -0.450 e. The van der Waals surface area contributed by atoms with E-state index in [1.54, 1.807) is 12.3 Å². The van der Waals surface area contributed by atoms with Crippen LogP contribution in [0.1, 0.15) is 30.5 Å². The summed E-state index contributed by atoms with van der Waals surface area (Å²) in [6, 6.07) is 1.70. The molecular weight excluding hydrogens is 312 g/mol. The summed E-state index contributed by atoms with van der Waals surface area (Å²) < 4.78 is 7.35. The van der Waals surface area contributed by atoms with Crippen LogP contribution in [-0.2, 0) is 17.7 Å². The Hall–Kier alpha value is -2.35. The van der Waals surface area contributed by atoms with Crippen LogP contribution < -0.4 is 5.69 Å². The lowest BCUT2D eigenvalue weighted by atomic mass is 10.1. The van der Waals surface area contributed by atoms with E-state index in [1.807, 2.05) is 0 Å². The first-order valence-electron chi connectivity index (χ1n) is 6.72. The number of carboxylic acid groups (broad SMARTS) is 1. The number of hydrogen-bond acceptors (Lipinski definition) is 5. The van der Waals surface area contributed by atoms with E-state index in [-0.39, 0.29) is 6.54 Å². The highest BCUT2D eigenvalue weighted by Crippen LogP contribution is 2.23. The number of pyridine rings is 1. The van der Waals surface area contributed by atoms with Crippen LogP contribution in [-0.4, -0.2) is 30.6 Å². The Bertz CT molecular complexity index is 770. The van der Waals surface area contributed by atoms with Gasteiger partial charge < -0.3 is 9.84 Å². The van der Waals surface area contributed by atoms with Gasteiger partial charge >= 0.3 is 11.8 Å². The van der Waals surface area contributed by atoms with Crippen LogP contribution >= 0.6 is 11.6 Å². The normalized spacial score (nSPS) is 17.0. The smallest absolute Gasteiger partial charge is 0.450 e. The van der Waals surface area contributed by atoms with E-state index in [0.29, 0.717) is 30.1 Å². The van der Waals surface area contributed by atoms with Gasteiger partial charge in [-0.05, 0) is 18.1 Å².